The quantitative estimate of drug-likeness (QED) is 0.720. The zero-order chi connectivity index (χ0) is 17.1. The van der Waals surface area contributed by atoms with Crippen molar-refractivity contribution in [3.8, 4) is 0 Å². The standard InChI is InChI=1S/C16H14F3N5/c1-10(16-15(19)5-20-7-22-16)13(6-24-9-21-8-23-24)12-3-2-11(17)4-14(12)18/h2-5,7-10,13H,6H2,1H3/t10-,13+/m1/s1. The molecule has 0 unspecified atom stereocenters. The normalized spacial score (nSPS) is 13.7. The van der Waals surface area contributed by atoms with Gasteiger partial charge in [-0.3, -0.25) is 4.68 Å². The van der Waals surface area contributed by atoms with Gasteiger partial charge >= 0.3 is 0 Å². The summed E-state index contributed by atoms with van der Waals surface area (Å²) in [4.78, 5) is 11.5. The lowest BCUT2D eigenvalue weighted by Crippen LogP contribution is -2.19. The van der Waals surface area contributed by atoms with Crippen molar-refractivity contribution in [2.45, 2.75) is 25.3 Å². The number of hydrogen-bond acceptors (Lipinski definition) is 4. The molecule has 2 aromatic heterocycles. The van der Waals surface area contributed by atoms with Crippen molar-refractivity contribution in [1.29, 1.82) is 0 Å². The Kier molecular flexibility index (Phi) is 4.54. The molecule has 0 amide bonds. The number of nitrogens with zero attached hydrogens (tertiary/aromatic N) is 5. The second-order valence-electron chi connectivity index (χ2n) is 5.43. The summed E-state index contributed by atoms with van der Waals surface area (Å²) in [5.74, 6) is -2.94. The van der Waals surface area contributed by atoms with Crippen molar-refractivity contribution in [2.75, 3.05) is 0 Å². The topological polar surface area (TPSA) is 56.5 Å². The van der Waals surface area contributed by atoms with Crippen molar-refractivity contribution in [1.82, 2.24) is 24.7 Å². The van der Waals surface area contributed by atoms with Crippen LogP contribution < -0.4 is 0 Å². The van der Waals surface area contributed by atoms with Gasteiger partial charge in [0.25, 0.3) is 0 Å². The molecule has 0 spiro atoms. The second-order valence-corrected chi connectivity index (χ2v) is 5.43. The number of aromatic nitrogens is 5. The Bertz CT molecular complexity index is 822. The van der Waals surface area contributed by atoms with E-state index in [4.69, 9.17) is 0 Å². The highest BCUT2D eigenvalue weighted by molar-refractivity contribution is 5.27. The lowest BCUT2D eigenvalue weighted by molar-refractivity contribution is 0.424. The Morgan fingerprint density at radius 2 is 1.92 bits per heavy atom. The molecule has 0 aliphatic carbocycles. The van der Waals surface area contributed by atoms with E-state index in [1.54, 1.807) is 6.92 Å². The van der Waals surface area contributed by atoms with Gasteiger partial charge in [0.2, 0.25) is 0 Å². The maximum atomic E-state index is 14.3. The highest BCUT2D eigenvalue weighted by Gasteiger charge is 2.27. The predicted octanol–water partition coefficient (Wildman–Crippen LogP) is 3.07. The van der Waals surface area contributed by atoms with Crippen molar-refractivity contribution in [2.24, 2.45) is 0 Å². The molecular weight excluding hydrogens is 319 g/mol. The van der Waals surface area contributed by atoms with E-state index < -0.39 is 29.3 Å². The molecule has 124 valence electrons. The molecule has 0 N–H and O–H groups in total. The molecule has 0 radical (unpaired) electrons. The van der Waals surface area contributed by atoms with Crippen LogP contribution in [0.4, 0.5) is 13.2 Å². The van der Waals surface area contributed by atoms with Crippen LogP contribution in [0.3, 0.4) is 0 Å². The van der Waals surface area contributed by atoms with E-state index >= 15 is 0 Å². The van der Waals surface area contributed by atoms with E-state index in [2.05, 4.69) is 20.1 Å². The molecule has 0 fully saturated rings. The summed E-state index contributed by atoms with van der Waals surface area (Å²) < 4.78 is 43.1. The maximum Gasteiger partial charge on any atom is 0.163 e. The molecule has 0 saturated heterocycles. The first-order valence-corrected chi connectivity index (χ1v) is 7.29. The number of rotatable bonds is 5. The van der Waals surface area contributed by atoms with Gasteiger partial charge in [0.05, 0.1) is 18.4 Å². The van der Waals surface area contributed by atoms with Gasteiger partial charge in [0.15, 0.2) is 5.82 Å². The summed E-state index contributed by atoms with van der Waals surface area (Å²) in [5, 5.41) is 4.01. The molecule has 5 nitrogen and oxygen atoms in total. The van der Waals surface area contributed by atoms with Crippen molar-refractivity contribution in [3.05, 3.63) is 72.1 Å². The van der Waals surface area contributed by atoms with Gasteiger partial charge < -0.3 is 0 Å². The van der Waals surface area contributed by atoms with Crippen LogP contribution in [0.2, 0.25) is 0 Å². The number of benzene rings is 1. The lowest BCUT2D eigenvalue weighted by atomic mass is 9.84. The fourth-order valence-corrected chi connectivity index (χ4v) is 2.70. The molecular formula is C16H14F3N5. The molecule has 0 saturated carbocycles. The van der Waals surface area contributed by atoms with Gasteiger partial charge in [-0.2, -0.15) is 5.10 Å². The third kappa shape index (κ3) is 3.27. The zero-order valence-corrected chi connectivity index (χ0v) is 12.8. The third-order valence-corrected chi connectivity index (χ3v) is 3.94. The van der Waals surface area contributed by atoms with Crippen LogP contribution in [0, 0.1) is 17.5 Å². The van der Waals surface area contributed by atoms with Crippen LogP contribution >= 0.6 is 0 Å². The average molecular weight is 333 g/mol. The van der Waals surface area contributed by atoms with Gasteiger partial charge in [-0.05, 0) is 11.6 Å². The minimum Gasteiger partial charge on any atom is -0.252 e. The third-order valence-electron chi connectivity index (χ3n) is 3.94. The van der Waals surface area contributed by atoms with Gasteiger partial charge in [-0.15, -0.1) is 0 Å². The molecule has 0 bridgehead atoms. The van der Waals surface area contributed by atoms with Gasteiger partial charge in [0, 0.05) is 17.9 Å². The Morgan fingerprint density at radius 3 is 2.58 bits per heavy atom. The maximum absolute atomic E-state index is 14.3. The molecule has 2 atom stereocenters. The molecule has 3 aromatic rings. The molecule has 2 heterocycles. The van der Waals surface area contributed by atoms with Crippen LogP contribution in [0.1, 0.15) is 30.0 Å². The molecule has 24 heavy (non-hydrogen) atoms. The van der Waals surface area contributed by atoms with E-state index in [1.807, 2.05) is 0 Å². The molecule has 8 heteroatoms. The first-order valence-electron chi connectivity index (χ1n) is 7.29. The Labute approximate surface area is 136 Å². The molecule has 0 aliphatic rings. The Balaban J connectivity index is 2.03. The van der Waals surface area contributed by atoms with E-state index in [0.29, 0.717) is 0 Å². The van der Waals surface area contributed by atoms with Crippen molar-refractivity contribution < 1.29 is 13.2 Å². The minimum atomic E-state index is -0.693. The van der Waals surface area contributed by atoms with Gasteiger partial charge in [-0.1, -0.05) is 13.0 Å². The smallest absolute Gasteiger partial charge is 0.163 e. The van der Waals surface area contributed by atoms with Gasteiger partial charge in [0.1, 0.15) is 30.6 Å². The SMILES string of the molecule is C[C@@H](c1ncncc1F)[C@H](Cn1cncn1)c1ccc(F)cc1F. The van der Waals surface area contributed by atoms with Crippen LogP contribution in [0.5, 0.6) is 0 Å². The first-order chi connectivity index (χ1) is 11.6. The van der Waals surface area contributed by atoms with Crippen LogP contribution in [0.15, 0.2) is 43.4 Å². The van der Waals surface area contributed by atoms with E-state index in [1.165, 1.54) is 35.8 Å². The van der Waals surface area contributed by atoms with Crippen LogP contribution in [-0.2, 0) is 6.54 Å². The summed E-state index contributed by atoms with van der Waals surface area (Å²) in [5.41, 5.74) is 0.427. The number of halogens is 3. The van der Waals surface area contributed by atoms with Crippen molar-refractivity contribution >= 4 is 0 Å². The summed E-state index contributed by atoms with van der Waals surface area (Å²) in [6, 6.07) is 3.35. The molecule has 0 aliphatic heterocycles. The number of hydrogen-bond donors (Lipinski definition) is 0. The monoisotopic (exact) mass is 333 g/mol. The summed E-state index contributed by atoms with van der Waals surface area (Å²) in [6.45, 7) is 1.98. The summed E-state index contributed by atoms with van der Waals surface area (Å²) in [7, 11) is 0. The van der Waals surface area contributed by atoms with E-state index in [0.717, 1.165) is 12.3 Å². The van der Waals surface area contributed by atoms with E-state index in [9.17, 15) is 13.2 Å². The fourth-order valence-electron chi connectivity index (χ4n) is 2.70. The summed E-state index contributed by atoms with van der Waals surface area (Å²) >= 11 is 0. The highest BCUT2D eigenvalue weighted by atomic mass is 19.1. The molecule has 3 rings (SSSR count). The second kappa shape index (κ2) is 6.77. The largest absolute Gasteiger partial charge is 0.252 e. The van der Waals surface area contributed by atoms with Crippen molar-refractivity contribution in [3.63, 3.8) is 0 Å². The van der Waals surface area contributed by atoms with Gasteiger partial charge in [-0.25, -0.2) is 28.1 Å². The molecule has 1 aromatic carbocycles. The zero-order valence-electron chi connectivity index (χ0n) is 12.8. The van der Waals surface area contributed by atoms with Crippen LogP contribution in [0.25, 0.3) is 0 Å². The Morgan fingerprint density at radius 1 is 1.08 bits per heavy atom. The summed E-state index contributed by atoms with van der Waals surface area (Å²) in [6.07, 6.45) is 5.14. The predicted molar refractivity (Wildman–Crippen MR) is 79.5 cm³/mol. The van der Waals surface area contributed by atoms with E-state index in [-0.39, 0.29) is 17.8 Å². The first kappa shape index (κ1) is 16.1. The van der Waals surface area contributed by atoms with Crippen LogP contribution in [-0.4, -0.2) is 24.7 Å². The lowest BCUT2D eigenvalue weighted by Gasteiger charge is -2.24. The highest BCUT2D eigenvalue weighted by Crippen LogP contribution is 2.35. The Hall–Kier alpha value is -2.77. The minimum absolute atomic E-state index is 0.166. The fraction of sp³-hybridized carbons (Fsp3) is 0.250. The average Bonchev–Trinajstić information content (AvgIpc) is 3.06.